The number of nitrogens with two attached hydrogens (primary N) is 1. The van der Waals surface area contributed by atoms with Crippen molar-refractivity contribution in [1.82, 2.24) is 14.9 Å². The van der Waals surface area contributed by atoms with Crippen molar-refractivity contribution in [3.8, 4) is 0 Å². The second kappa shape index (κ2) is 9.00. The molecule has 1 heterocycles. The molecule has 0 saturated carbocycles. The van der Waals surface area contributed by atoms with Gasteiger partial charge in [-0.3, -0.25) is 4.79 Å². The number of benzene rings is 1. The van der Waals surface area contributed by atoms with Gasteiger partial charge in [-0.2, -0.15) is 0 Å². The van der Waals surface area contributed by atoms with Crippen molar-refractivity contribution in [1.29, 1.82) is 0 Å². The minimum absolute atomic E-state index is 0.0718. The molecular weight excluding hydrogens is 356 g/mol. The SMILES string of the molecule is CS(=O)(=O)NCC1CCCCN1C(=O)CC(NC(N)=O)c1ccccc1. The van der Waals surface area contributed by atoms with Crippen LogP contribution in [0, 0.1) is 0 Å². The number of nitrogens with zero attached hydrogens (tertiary/aromatic N) is 1. The minimum Gasteiger partial charge on any atom is -0.352 e. The molecule has 2 rings (SSSR count). The Bertz CT molecular complexity index is 724. The average Bonchev–Trinajstić information content (AvgIpc) is 2.59. The van der Waals surface area contributed by atoms with Crippen molar-refractivity contribution in [2.24, 2.45) is 5.73 Å². The van der Waals surface area contributed by atoms with Crippen molar-refractivity contribution in [3.63, 3.8) is 0 Å². The van der Waals surface area contributed by atoms with E-state index in [4.69, 9.17) is 5.73 Å². The molecule has 3 amide bonds. The van der Waals surface area contributed by atoms with Crippen LogP contribution in [-0.4, -0.2) is 50.6 Å². The molecule has 4 N–H and O–H groups in total. The monoisotopic (exact) mass is 382 g/mol. The molecule has 144 valence electrons. The molecule has 1 saturated heterocycles. The summed E-state index contributed by atoms with van der Waals surface area (Å²) < 4.78 is 25.2. The lowest BCUT2D eigenvalue weighted by Gasteiger charge is -2.36. The van der Waals surface area contributed by atoms with E-state index in [9.17, 15) is 18.0 Å². The predicted octanol–water partition coefficient (Wildman–Crippen LogP) is 0.716. The van der Waals surface area contributed by atoms with Crippen molar-refractivity contribution >= 4 is 22.0 Å². The Morgan fingerprint density at radius 1 is 1.27 bits per heavy atom. The van der Waals surface area contributed by atoms with Gasteiger partial charge >= 0.3 is 6.03 Å². The van der Waals surface area contributed by atoms with Gasteiger partial charge in [0.1, 0.15) is 0 Å². The van der Waals surface area contributed by atoms with Crippen LogP contribution in [0.2, 0.25) is 0 Å². The van der Waals surface area contributed by atoms with E-state index >= 15 is 0 Å². The highest BCUT2D eigenvalue weighted by atomic mass is 32.2. The van der Waals surface area contributed by atoms with Crippen LogP contribution in [0.25, 0.3) is 0 Å². The van der Waals surface area contributed by atoms with Crippen LogP contribution in [0.4, 0.5) is 4.79 Å². The van der Waals surface area contributed by atoms with E-state index in [2.05, 4.69) is 10.0 Å². The first kappa shape index (κ1) is 20.2. The normalized spacial score (nSPS) is 19.0. The number of likely N-dealkylation sites (tertiary alicyclic amines) is 1. The van der Waals surface area contributed by atoms with Crippen molar-refractivity contribution in [2.75, 3.05) is 19.3 Å². The van der Waals surface area contributed by atoms with Crippen LogP contribution in [0.1, 0.15) is 37.3 Å². The summed E-state index contributed by atoms with van der Waals surface area (Å²) in [6.45, 7) is 0.775. The second-order valence-corrected chi connectivity index (χ2v) is 8.37. The molecule has 2 unspecified atom stereocenters. The van der Waals surface area contributed by atoms with Gasteiger partial charge in [-0.15, -0.1) is 0 Å². The van der Waals surface area contributed by atoms with Gasteiger partial charge in [0.05, 0.1) is 18.7 Å². The zero-order valence-corrected chi connectivity index (χ0v) is 15.7. The number of amides is 3. The second-order valence-electron chi connectivity index (χ2n) is 6.53. The van der Waals surface area contributed by atoms with Crippen LogP contribution >= 0.6 is 0 Å². The quantitative estimate of drug-likeness (QED) is 0.643. The third kappa shape index (κ3) is 6.30. The fourth-order valence-corrected chi connectivity index (χ4v) is 3.68. The van der Waals surface area contributed by atoms with E-state index in [0.717, 1.165) is 31.1 Å². The van der Waals surface area contributed by atoms with Gasteiger partial charge in [0.2, 0.25) is 15.9 Å². The molecule has 0 aliphatic carbocycles. The lowest BCUT2D eigenvalue weighted by molar-refractivity contribution is -0.135. The van der Waals surface area contributed by atoms with E-state index < -0.39 is 22.1 Å². The maximum Gasteiger partial charge on any atom is 0.312 e. The van der Waals surface area contributed by atoms with Crippen LogP contribution < -0.4 is 15.8 Å². The highest BCUT2D eigenvalue weighted by Gasteiger charge is 2.29. The van der Waals surface area contributed by atoms with Crippen LogP contribution in [0.15, 0.2) is 30.3 Å². The van der Waals surface area contributed by atoms with Gasteiger partial charge in [-0.05, 0) is 24.8 Å². The average molecular weight is 382 g/mol. The molecule has 1 aromatic carbocycles. The van der Waals surface area contributed by atoms with Gasteiger partial charge in [0, 0.05) is 19.1 Å². The van der Waals surface area contributed by atoms with Crippen molar-refractivity contribution in [2.45, 2.75) is 37.8 Å². The van der Waals surface area contributed by atoms with Crippen molar-refractivity contribution in [3.05, 3.63) is 35.9 Å². The Hall–Kier alpha value is -2.13. The molecule has 1 fully saturated rings. The topological polar surface area (TPSA) is 122 Å². The fourth-order valence-electron chi connectivity index (χ4n) is 3.19. The first-order valence-electron chi connectivity index (χ1n) is 8.61. The summed E-state index contributed by atoms with van der Waals surface area (Å²) in [7, 11) is -3.32. The molecule has 0 radical (unpaired) electrons. The first-order chi connectivity index (χ1) is 12.3. The highest BCUT2D eigenvalue weighted by molar-refractivity contribution is 7.88. The molecule has 8 nitrogen and oxygen atoms in total. The summed E-state index contributed by atoms with van der Waals surface area (Å²) in [6, 6.07) is 7.76. The van der Waals surface area contributed by atoms with Gasteiger partial charge in [-0.25, -0.2) is 17.9 Å². The molecule has 1 aliphatic heterocycles. The Morgan fingerprint density at radius 3 is 2.58 bits per heavy atom. The largest absolute Gasteiger partial charge is 0.352 e. The Morgan fingerprint density at radius 2 is 1.96 bits per heavy atom. The Kier molecular flexibility index (Phi) is 6.98. The molecular formula is C17H26N4O4S. The summed E-state index contributed by atoms with van der Waals surface area (Å²) in [4.78, 5) is 25.9. The molecule has 0 spiro atoms. The molecule has 0 bridgehead atoms. The van der Waals surface area contributed by atoms with E-state index in [1.54, 1.807) is 4.90 Å². The standard InChI is InChI=1S/C17H26N4O4S/c1-26(24,25)19-12-14-9-5-6-10-21(14)16(22)11-15(20-17(18)23)13-7-3-2-4-8-13/h2-4,7-8,14-15,19H,5-6,9-12H2,1H3,(H3,18,20,23). The smallest absolute Gasteiger partial charge is 0.312 e. The number of piperidine rings is 1. The number of hydrogen-bond acceptors (Lipinski definition) is 4. The Labute approximate surface area is 154 Å². The molecule has 9 heteroatoms. The molecule has 1 aliphatic rings. The van der Waals surface area contributed by atoms with E-state index in [-0.39, 0.29) is 24.9 Å². The third-order valence-electron chi connectivity index (χ3n) is 4.43. The number of hydrogen-bond donors (Lipinski definition) is 3. The maximum atomic E-state index is 12.9. The van der Waals surface area contributed by atoms with Crippen molar-refractivity contribution < 1.29 is 18.0 Å². The van der Waals surface area contributed by atoms with E-state index in [1.165, 1.54) is 0 Å². The number of rotatable bonds is 7. The van der Waals surface area contributed by atoms with Gasteiger partial charge < -0.3 is 16.0 Å². The van der Waals surface area contributed by atoms with E-state index in [1.807, 2.05) is 30.3 Å². The van der Waals surface area contributed by atoms with Gasteiger partial charge in [-0.1, -0.05) is 30.3 Å². The van der Waals surface area contributed by atoms with Gasteiger partial charge in [0.15, 0.2) is 0 Å². The zero-order valence-electron chi connectivity index (χ0n) is 14.8. The maximum absolute atomic E-state index is 12.9. The number of carbonyl (C=O) groups is 2. The van der Waals surface area contributed by atoms with Crippen LogP contribution in [0.3, 0.4) is 0 Å². The number of primary amides is 1. The fraction of sp³-hybridized carbons (Fsp3) is 0.529. The van der Waals surface area contributed by atoms with Crippen LogP contribution in [0.5, 0.6) is 0 Å². The molecule has 26 heavy (non-hydrogen) atoms. The summed E-state index contributed by atoms with van der Waals surface area (Å²) in [5.74, 6) is -0.132. The molecule has 2 atom stereocenters. The highest BCUT2D eigenvalue weighted by Crippen LogP contribution is 2.22. The summed E-state index contributed by atoms with van der Waals surface area (Å²) in [5, 5.41) is 2.62. The van der Waals surface area contributed by atoms with Crippen LogP contribution in [-0.2, 0) is 14.8 Å². The third-order valence-corrected chi connectivity index (χ3v) is 5.12. The number of sulfonamides is 1. The molecule has 0 aromatic heterocycles. The number of urea groups is 1. The number of carbonyl (C=O) groups excluding carboxylic acids is 2. The zero-order chi connectivity index (χ0) is 19.2. The number of nitrogens with one attached hydrogen (secondary N) is 2. The lowest BCUT2D eigenvalue weighted by atomic mass is 9.99. The van der Waals surface area contributed by atoms with Gasteiger partial charge in [0.25, 0.3) is 0 Å². The molecule has 1 aromatic rings. The summed E-state index contributed by atoms with van der Waals surface area (Å²) >= 11 is 0. The predicted molar refractivity (Wildman–Crippen MR) is 98.7 cm³/mol. The summed E-state index contributed by atoms with van der Waals surface area (Å²) in [6.07, 6.45) is 3.74. The minimum atomic E-state index is -3.32. The summed E-state index contributed by atoms with van der Waals surface area (Å²) in [5.41, 5.74) is 6.05. The first-order valence-corrected chi connectivity index (χ1v) is 10.5. The Balaban J connectivity index is 2.09. The van der Waals surface area contributed by atoms with E-state index in [0.29, 0.717) is 6.54 Å². The lowest BCUT2D eigenvalue weighted by Crippen LogP contribution is -2.50.